The van der Waals surface area contributed by atoms with Crippen LogP contribution in [0.15, 0.2) is 60.3 Å². The number of hydrogen-bond donors (Lipinski definition) is 2. The number of nitriles is 1. The minimum Gasteiger partial charge on any atom is -0.389 e. The van der Waals surface area contributed by atoms with Crippen LogP contribution in [0.5, 0.6) is 0 Å². The summed E-state index contributed by atoms with van der Waals surface area (Å²) in [5.74, 6) is -0.114. The Kier molecular flexibility index (Phi) is 6.99. The van der Waals surface area contributed by atoms with Crippen LogP contribution in [0.1, 0.15) is 36.5 Å². The van der Waals surface area contributed by atoms with E-state index in [1.54, 1.807) is 0 Å². The SMILES string of the molecule is Cc1cccc(CCN/C=C(/C#N)C(=O)Nc2ccccc2C(C)C)c1. The highest BCUT2D eigenvalue weighted by Crippen LogP contribution is 2.23. The number of nitrogens with zero attached hydrogens (tertiary/aromatic N) is 1. The number of amides is 1. The van der Waals surface area contributed by atoms with Gasteiger partial charge in [0.05, 0.1) is 0 Å². The molecule has 4 nitrogen and oxygen atoms in total. The Bertz CT molecular complexity index is 831. The Hall–Kier alpha value is -3.06. The standard InChI is InChI=1S/C22H25N3O/c1-16(2)20-9-4-5-10-21(20)25-22(26)19(14-23)15-24-12-11-18-8-6-7-17(3)13-18/h4-10,13,15-16,24H,11-12H2,1-3H3,(H,25,26)/b19-15-. The van der Waals surface area contributed by atoms with E-state index in [2.05, 4.69) is 49.6 Å². The molecule has 1 amide bonds. The first-order valence-electron chi connectivity index (χ1n) is 8.80. The Labute approximate surface area is 155 Å². The van der Waals surface area contributed by atoms with Crippen LogP contribution in [0.2, 0.25) is 0 Å². The van der Waals surface area contributed by atoms with Crippen molar-refractivity contribution in [3.8, 4) is 6.07 Å². The van der Waals surface area contributed by atoms with Crippen LogP contribution >= 0.6 is 0 Å². The van der Waals surface area contributed by atoms with Crippen molar-refractivity contribution in [2.45, 2.75) is 33.1 Å². The van der Waals surface area contributed by atoms with Crippen molar-refractivity contribution in [1.82, 2.24) is 5.32 Å². The number of benzene rings is 2. The fourth-order valence-corrected chi connectivity index (χ4v) is 2.71. The van der Waals surface area contributed by atoms with E-state index in [1.807, 2.05) is 36.4 Å². The van der Waals surface area contributed by atoms with Gasteiger partial charge >= 0.3 is 0 Å². The fraction of sp³-hybridized carbons (Fsp3) is 0.273. The van der Waals surface area contributed by atoms with Gasteiger partial charge in [-0.2, -0.15) is 5.26 Å². The van der Waals surface area contributed by atoms with E-state index in [-0.39, 0.29) is 11.5 Å². The molecule has 0 saturated heterocycles. The van der Waals surface area contributed by atoms with E-state index in [4.69, 9.17) is 0 Å². The van der Waals surface area contributed by atoms with Crippen molar-refractivity contribution in [3.63, 3.8) is 0 Å². The maximum Gasteiger partial charge on any atom is 0.267 e. The van der Waals surface area contributed by atoms with Gasteiger partial charge in [0.1, 0.15) is 11.6 Å². The zero-order valence-corrected chi connectivity index (χ0v) is 15.5. The van der Waals surface area contributed by atoms with Gasteiger partial charge in [-0.15, -0.1) is 0 Å². The van der Waals surface area contributed by atoms with E-state index in [0.29, 0.717) is 6.54 Å². The molecule has 0 aliphatic heterocycles. The lowest BCUT2D eigenvalue weighted by Gasteiger charge is -2.13. The molecule has 134 valence electrons. The highest BCUT2D eigenvalue weighted by atomic mass is 16.1. The van der Waals surface area contributed by atoms with Gasteiger partial charge in [-0.05, 0) is 36.5 Å². The molecule has 0 fully saturated rings. The normalized spacial score (nSPS) is 11.1. The summed E-state index contributed by atoms with van der Waals surface area (Å²) in [4.78, 5) is 12.4. The lowest BCUT2D eigenvalue weighted by molar-refractivity contribution is -0.112. The molecule has 2 N–H and O–H groups in total. The first-order valence-corrected chi connectivity index (χ1v) is 8.80. The molecule has 2 aromatic rings. The van der Waals surface area contributed by atoms with Crippen LogP contribution < -0.4 is 10.6 Å². The Morgan fingerprint density at radius 3 is 2.65 bits per heavy atom. The molecular weight excluding hydrogens is 322 g/mol. The van der Waals surface area contributed by atoms with Crippen molar-refractivity contribution in [2.75, 3.05) is 11.9 Å². The number of rotatable bonds is 7. The number of anilines is 1. The van der Waals surface area contributed by atoms with Crippen LogP contribution in [0.3, 0.4) is 0 Å². The molecule has 0 spiro atoms. The average molecular weight is 347 g/mol. The first kappa shape index (κ1) is 19.3. The van der Waals surface area contributed by atoms with Gasteiger partial charge in [-0.1, -0.05) is 61.9 Å². The lowest BCUT2D eigenvalue weighted by Crippen LogP contribution is -2.18. The van der Waals surface area contributed by atoms with Gasteiger partial charge in [0, 0.05) is 18.4 Å². The maximum absolute atomic E-state index is 12.4. The Morgan fingerprint density at radius 1 is 1.19 bits per heavy atom. The second-order valence-corrected chi connectivity index (χ2v) is 6.56. The third-order valence-electron chi connectivity index (χ3n) is 4.08. The van der Waals surface area contributed by atoms with Gasteiger partial charge in [-0.25, -0.2) is 0 Å². The second kappa shape index (κ2) is 9.43. The molecule has 0 bridgehead atoms. The first-order chi connectivity index (χ1) is 12.5. The van der Waals surface area contributed by atoms with Gasteiger partial charge in [0.15, 0.2) is 0 Å². The van der Waals surface area contributed by atoms with Crippen molar-refractivity contribution >= 4 is 11.6 Å². The van der Waals surface area contributed by atoms with Crippen molar-refractivity contribution in [2.24, 2.45) is 0 Å². The predicted octanol–water partition coefficient (Wildman–Crippen LogP) is 4.30. The quantitative estimate of drug-likeness (QED) is 0.446. The van der Waals surface area contributed by atoms with Crippen LogP contribution in [-0.4, -0.2) is 12.5 Å². The zero-order chi connectivity index (χ0) is 18.9. The molecule has 0 saturated carbocycles. The Morgan fingerprint density at radius 2 is 1.96 bits per heavy atom. The molecule has 0 aliphatic carbocycles. The van der Waals surface area contributed by atoms with Crippen molar-refractivity contribution in [1.29, 1.82) is 5.26 Å². The molecule has 0 aromatic heterocycles. The molecule has 4 heteroatoms. The summed E-state index contributed by atoms with van der Waals surface area (Å²) in [5, 5.41) is 15.2. The number of nitrogens with one attached hydrogen (secondary N) is 2. The molecular formula is C22H25N3O. The molecule has 2 aromatic carbocycles. The van der Waals surface area contributed by atoms with Crippen molar-refractivity contribution < 1.29 is 4.79 Å². The Balaban J connectivity index is 1.96. The summed E-state index contributed by atoms with van der Waals surface area (Å²) in [7, 11) is 0. The molecule has 2 rings (SSSR count). The summed E-state index contributed by atoms with van der Waals surface area (Å²) in [6.45, 7) is 6.85. The number of hydrogen-bond acceptors (Lipinski definition) is 3. The number of carbonyl (C=O) groups excluding carboxylic acids is 1. The van der Waals surface area contributed by atoms with Crippen LogP contribution in [0.25, 0.3) is 0 Å². The van der Waals surface area contributed by atoms with E-state index in [9.17, 15) is 10.1 Å². The summed E-state index contributed by atoms with van der Waals surface area (Å²) in [6.07, 6.45) is 2.32. The average Bonchev–Trinajstić information content (AvgIpc) is 2.62. The van der Waals surface area contributed by atoms with E-state index in [1.165, 1.54) is 17.3 Å². The minimum absolute atomic E-state index is 0.0628. The summed E-state index contributed by atoms with van der Waals surface area (Å²) < 4.78 is 0. The monoisotopic (exact) mass is 347 g/mol. The highest BCUT2D eigenvalue weighted by molar-refractivity contribution is 6.06. The number of carbonyl (C=O) groups is 1. The lowest BCUT2D eigenvalue weighted by atomic mass is 10.0. The second-order valence-electron chi connectivity index (χ2n) is 6.56. The third kappa shape index (κ3) is 5.49. The van der Waals surface area contributed by atoms with E-state index in [0.717, 1.165) is 17.7 Å². The van der Waals surface area contributed by atoms with E-state index < -0.39 is 5.91 Å². The highest BCUT2D eigenvalue weighted by Gasteiger charge is 2.12. The van der Waals surface area contributed by atoms with Gasteiger partial charge < -0.3 is 10.6 Å². The molecule has 0 radical (unpaired) electrons. The maximum atomic E-state index is 12.4. The number of para-hydroxylation sites is 1. The molecule has 0 aliphatic rings. The van der Waals surface area contributed by atoms with E-state index >= 15 is 0 Å². The summed E-state index contributed by atoms with van der Waals surface area (Å²) in [5.41, 5.74) is 4.30. The molecule has 0 unspecified atom stereocenters. The van der Waals surface area contributed by atoms with Crippen LogP contribution in [0, 0.1) is 18.3 Å². The van der Waals surface area contributed by atoms with Crippen molar-refractivity contribution in [3.05, 3.63) is 77.0 Å². The van der Waals surface area contributed by atoms with Gasteiger partial charge in [0.2, 0.25) is 0 Å². The topological polar surface area (TPSA) is 64.9 Å². The molecule has 26 heavy (non-hydrogen) atoms. The van der Waals surface area contributed by atoms with Gasteiger partial charge in [0.25, 0.3) is 5.91 Å². The summed E-state index contributed by atoms with van der Waals surface area (Å²) in [6, 6.07) is 17.9. The minimum atomic E-state index is -0.399. The summed E-state index contributed by atoms with van der Waals surface area (Å²) >= 11 is 0. The largest absolute Gasteiger partial charge is 0.389 e. The van der Waals surface area contributed by atoms with Gasteiger partial charge in [-0.3, -0.25) is 4.79 Å². The third-order valence-corrected chi connectivity index (χ3v) is 4.08. The zero-order valence-electron chi connectivity index (χ0n) is 15.5. The van der Waals surface area contributed by atoms with Crippen LogP contribution in [0.4, 0.5) is 5.69 Å². The molecule has 0 atom stereocenters. The smallest absolute Gasteiger partial charge is 0.267 e. The predicted molar refractivity (Wildman–Crippen MR) is 106 cm³/mol. The van der Waals surface area contributed by atoms with Crippen LogP contribution in [-0.2, 0) is 11.2 Å². The fourth-order valence-electron chi connectivity index (χ4n) is 2.71. The number of aryl methyl sites for hydroxylation is 1. The molecule has 0 heterocycles.